The minimum absolute atomic E-state index is 0.591. The van der Waals surface area contributed by atoms with Gasteiger partial charge in [-0.25, -0.2) is 4.68 Å². The Morgan fingerprint density at radius 2 is 2.13 bits per heavy atom. The average molecular weight is 268 g/mol. The maximum atomic E-state index is 9.53. The summed E-state index contributed by atoms with van der Waals surface area (Å²) in [6.45, 7) is 1.69. The SMILES string of the molecule is CC(O)c1cnnn1-c1ccccc1Br. The molecule has 2 rings (SSSR count). The van der Waals surface area contributed by atoms with Crippen LogP contribution in [0.5, 0.6) is 0 Å². The molecule has 0 aliphatic heterocycles. The molecule has 1 heterocycles. The lowest BCUT2D eigenvalue weighted by atomic mass is 10.2. The van der Waals surface area contributed by atoms with Gasteiger partial charge in [-0.1, -0.05) is 17.3 Å². The second-order valence-electron chi connectivity index (χ2n) is 3.20. The molecule has 0 saturated carbocycles. The Bertz CT molecular complexity index is 467. The van der Waals surface area contributed by atoms with Crippen LogP contribution in [0.2, 0.25) is 0 Å². The van der Waals surface area contributed by atoms with E-state index in [2.05, 4.69) is 26.2 Å². The molecule has 0 aliphatic carbocycles. The largest absolute Gasteiger partial charge is 0.387 e. The Kier molecular flexibility index (Phi) is 2.83. The standard InChI is InChI=1S/C10H10BrN3O/c1-7(15)10-6-12-13-14(10)9-5-3-2-4-8(9)11/h2-7,15H,1H3. The van der Waals surface area contributed by atoms with Crippen molar-refractivity contribution >= 4 is 15.9 Å². The number of rotatable bonds is 2. The fourth-order valence-corrected chi connectivity index (χ4v) is 1.79. The Balaban J connectivity index is 2.55. The maximum Gasteiger partial charge on any atom is 0.0949 e. The van der Waals surface area contributed by atoms with E-state index in [-0.39, 0.29) is 0 Å². The third kappa shape index (κ3) is 1.93. The molecule has 2 aromatic rings. The van der Waals surface area contributed by atoms with E-state index in [0.29, 0.717) is 5.69 Å². The van der Waals surface area contributed by atoms with Gasteiger partial charge in [0.25, 0.3) is 0 Å². The molecule has 0 saturated heterocycles. The highest BCUT2D eigenvalue weighted by Crippen LogP contribution is 2.22. The van der Waals surface area contributed by atoms with Gasteiger partial charge in [-0.2, -0.15) is 0 Å². The molecule has 1 aromatic carbocycles. The quantitative estimate of drug-likeness (QED) is 0.907. The number of hydrogen-bond acceptors (Lipinski definition) is 3. The van der Waals surface area contributed by atoms with Crippen LogP contribution in [-0.4, -0.2) is 20.1 Å². The van der Waals surface area contributed by atoms with Crippen molar-refractivity contribution < 1.29 is 5.11 Å². The summed E-state index contributed by atoms with van der Waals surface area (Å²) in [7, 11) is 0. The monoisotopic (exact) mass is 267 g/mol. The van der Waals surface area contributed by atoms with Crippen LogP contribution in [0.1, 0.15) is 18.7 Å². The van der Waals surface area contributed by atoms with Gasteiger partial charge >= 0.3 is 0 Å². The number of nitrogens with zero attached hydrogens (tertiary/aromatic N) is 3. The van der Waals surface area contributed by atoms with Crippen LogP contribution in [0.25, 0.3) is 5.69 Å². The van der Waals surface area contributed by atoms with Crippen molar-refractivity contribution in [1.82, 2.24) is 15.0 Å². The van der Waals surface area contributed by atoms with E-state index in [1.165, 1.54) is 0 Å². The maximum absolute atomic E-state index is 9.53. The van der Waals surface area contributed by atoms with Crippen molar-refractivity contribution in [2.45, 2.75) is 13.0 Å². The predicted molar refractivity (Wildman–Crippen MR) is 59.7 cm³/mol. The fourth-order valence-electron chi connectivity index (χ4n) is 1.34. The van der Waals surface area contributed by atoms with Crippen molar-refractivity contribution in [3.63, 3.8) is 0 Å². The van der Waals surface area contributed by atoms with E-state index in [1.807, 2.05) is 24.3 Å². The topological polar surface area (TPSA) is 50.9 Å². The summed E-state index contributed by atoms with van der Waals surface area (Å²) in [5, 5.41) is 17.3. The first-order valence-electron chi connectivity index (χ1n) is 4.53. The van der Waals surface area contributed by atoms with E-state index in [4.69, 9.17) is 0 Å². The molecule has 1 aromatic heterocycles. The van der Waals surface area contributed by atoms with E-state index >= 15 is 0 Å². The predicted octanol–water partition coefficient (Wildman–Crippen LogP) is 2.08. The molecule has 0 fully saturated rings. The van der Waals surface area contributed by atoms with Gasteiger partial charge in [0.2, 0.25) is 0 Å². The average Bonchev–Trinajstić information content (AvgIpc) is 2.67. The number of aromatic nitrogens is 3. The zero-order valence-electron chi connectivity index (χ0n) is 8.13. The molecule has 0 spiro atoms. The summed E-state index contributed by atoms with van der Waals surface area (Å²) in [5.74, 6) is 0. The molecule has 78 valence electrons. The zero-order valence-corrected chi connectivity index (χ0v) is 9.72. The first-order valence-corrected chi connectivity index (χ1v) is 5.33. The molecule has 1 N–H and O–H groups in total. The van der Waals surface area contributed by atoms with Crippen molar-refractivity contribution in [3.05, 3.63) is 40.6 Å². The second kappa shape index (κ2) is 4.12. The first-order chi connectivity index (χ1) is 7.20. The Labute approximate surface area is 95.7 Å². The molecular formula is C10H10BrN3O. The van der Waals surface area contributed by atoms with Crippen molar-refractivity contribution in [2.75, 3.05) is 0 Å². The fraction of sp³-hybridized carbons (Fsp3) is 0.200. The van der Waals surface area contributed by atoms with Gasteiger partial charge in [0, 0.05) is 4.47 Å². The minimum atomic E-state index is -0.591. The van der Waals surface area contributed by atoms with Gasteiger partial charge in [0.05, 0.1) is 23.7 Å². The van der Waals surface area contributed by atoms with E-state index < -0.39 is 6.10 Å². The van der Waals surface area contributed by atoms with E-state index in [1.54, 1.807) is 17.8 Å². The van der Waals surface area contributed by atoms with Crippen LogP contribution < -0.4 is 0 Å². The summed E-state index contributed by atoms with van der Waals surface area (Å²) in [4.78, 5) is 0. The van der Waals surface area contributed by atoms with Crippen molar-refractivity contribution in [1.29, 1.82) is 0 Å². The molecular weight excluding hydrogens is 258 g/mol. The second-order valence-corrected chi connectivity index (χ2v) is 4.05. The van der Waals surface area contributed by atoms with E-state index in [0.717, 1.165) is 10.2 Å². The van der Waals surface area contributed by atoms with Gasteiger partial charge in [0.1, 0.15) is 0 Å². The summed E-state index contributed by atoms with van der Waals surface area (Å²) >= 11 is 3.43. The summed E-state index contributed by atoms with van der Waals surface area (Å²) in [6.07, 6.45) is 0.969. The number of para-hydroxylation sites is 1. The van der Waals surface area contributed by atoms with E-state index in [9.17, 15) is 5.11 Å². The normalized spacial score (nSPS) is 12.7. The molecule has 4 nitrogen and oxygen atoms in total. The molecule has 0 amide bonds. The summed E-state index contributed by atoms with van der Waals surface area (Å²) in [6, 6.07) is 7.66. The third-order valence-electron chi connectivity index (χ3n) is 2.08. The van der Waals surface area contributed by atoms with Crippen LogP contribution in [-0.2, 0) is 0 Å². The number of aliphatic hydroxyl groups is 1. The third-order valence-corrected chi connectivity index (χ3v) is 2.75. The zero-order chi connectivity index (χ0) is 10.8. The molecule has 0 aliphatic rings. The highest BCUT2D eigenvalue weighted by Gasteiger charge is 2.12. The van der Waals surface area contributed by atoms with Crippen LogP contribution in [0.4, 0.5) is 0 Å². The van der Waals surface area contributed by atoms with Crippen LogP contribution >= 0.6 is 15.9 Å². The lowest BCUT2D eigenvalue weighted by Gasteiger charge is -2.09. The lowest BCUT2D eigenvalue weighted by molar-refractivity contribution is 0.191. The number of hydrogen-bond donors (Lipinski definition) is 1. The van der Waals surface area contributed by atoms with Gasteiger partial charge in [-0.3, -0.25) is 0 Å². The van der Waals surface area contributed by atoms with Gasteiger partial charge in [-0.15, -0.1) is 5.10 Å². The molecule has 5 heteroatoms. The smallest absolute Gasteiger partial charge is 0.0949 e. The van der Waals surface area contributed by atoms with Crippen molar-refractivity contribution in [2.24, 2.45) is 0 Å². The van der Waals surface area contributed by atoms with Crippen LogP contribution in [0, 0.1) is 0 Å². The Hall–Kier alpha value is -1.20. The van der Waals surface area contributed by atoms with Crippen LogP contribution in [0.15, 0.2) is 34.9 Å². The Morgan fingerprint density at radius 1 is 1.40 bits per heavy atom. The van der Waals surface area contributed by atoms with Gasteiger partial charge in [-0.05, 0) is 35.0 Å². The summed E-state index contributed by atoms with van der Waals surface area (Å²) in [5.41, 5.74) is 1.54. The highest BCUT2D eigenvalue weighted by atomic mass is 79.9. The Morgan fingerprint density at radius 3 is 2.80 bits per heavy atom. The lowest BCUT2D eigenvalue weighted by Crippen LogP contribution is -2.05. The summed E-state index contributed by atoms with van der Waals surface area (Å²) < 4.78 is 2.53. The number of aliphatic hydroxyl groups excluding tert-OH is 1. The minimum Gasteiger partial charge on any atom is -0.387 e. The van der Waals surface area contributed by atoms with Crippen molar-refractivity contribution in [3.8, 4) is 5.69 Å². The first kappa shape index (κ1) is 10.3. The van der Waals surface area contributed by atoms with Gasteiger partial charge in [0.15, 0.2) is 0 Å². The molecule has 1 unspecified atom stereocenters. The van der Waals surface area contributed by atoms with Gasteiger partial charge < -0.3 is 5.11 Å². The molecule has 1 atom stereocenters. The number of benzene rings is 1. The molecule has 15 heavy (non-hydrogen) atoms. The molecule has 0 radical (unpaired) electrons. The highest BCUT2D eigenvalue weighted by molar-refractivity contribution is 9.10. The molecule has 0 bridgehead atoms. The van der Waals surface area contributed by atoms with Crippen LogP contribution in [0.3, 0.4) is 0 Å². The number of halogens is 1.